The smallest absolute Gasteiger partial charge is 0.321 e. The van der Waals surface area contributed by atoms with Crippen LogP contribution < -0.4 is 10.6 Å². The van der Waals surface area contributed by atoms with Crippen LogP contribution in [0.1, 0.15) is 0 Å². The number of hydrogen-bond donors (Lipinski definition) is 2. The minimum atomic E-state index is -0.386. The van der Waals surface area contributed by atoms with Crippen LogP contribution in [0.4, 0.5) is 14.9 Å². The van der Waals surface area contributed by atoms with Gasteiger partial charge >= 0.3 is 6.03 Å². The Kier molecular flexibility index (Phi) is 5.84. The highest BCUT2D eigenvalue weighted by atomic mass is 79.9. The quantitative estimate of drug-likeness (QED) is 0.826. The summed E-state index contributed by atoms with van der Waals surface area (Å²) in [5, 5.41) is 5.84. The van der Waals surface area contributed by atoms with E-state index in [2.05, 4.69) is 26.6 Å². The van der Waals surface area contributed by atoms with Gasteiger partial charge in [0, 0.05) is 31.9 Å². The van der Waals surface area contributed by atoms with E-state index in [1.54, 1.807) is 17.0 Å². The monoisotopic (exact) mass is 337 g/mol. The van der Waals surface area contributed by atoms with Gasteiger partial charge in [0.1, 0.15) is 5.82 Å². The first-order valence-corrected chi connectivity index (χ1v) is 6.18. The fraction of sp³-hybridized carbons (Fsp3) is 0.364. The van der Waals surface area contributed by atoms with Gasteiger partial charge in [-0.1, -0.05) is 0 Å². The summed E-state index contributed by atoms with van der Waals surface area (Å²) in [7, 11) is 0. The molecule has 2 amide bonds. The largest absolute Gasteiger partial charge is 0.322 e. The highest BCUT2D eigenvalue weighted by molar-refractivity contribution is 9.10. The molecular weight excluding hydrogens is 324 g/mol. The molecule has 0 atom stereocenters. The number of carbonyl (C=O) groups is 1. The van der Waals surface area contributed by atoms with E-state index >= 15 is 0 Å². The van der Waals surface area contributed by atoms with Gasteiger partial charge in [0.05, 0.1) is 4.47 Å². The molecule has 100 valence electrons. The van der Waals surface area contributed by atoms with Gasteiger partial charge in [-0.15, -0.1) is 12.4 Å². The molecule has 0 bridgehead atoms. The summed E-state index contributed by atoms with van der Waals surface area (Å²) >= 11 is 3.07. The molecule has 0 aliphatic carbocycles. The third kappa shape index (κ3) is 3.83. The van der Waals surface area contributed by atoms with Crippen molar-refractivity contribution >= 4 is 40.1 Å². The summed E-state index contributed by atoms with van der Waals surface area (Å²) in [6.07, 6.45) is 0. The highest BCUT2D eigenvalue weighted by Crippen LogP contribution is 2.19. The molecule has 1 saturated heterocycles. The maximum Gasteiger partial charge on any atom is 0.321 e. The van der Waals surface area contributed by atoms with Crippen LogP contribution >= 0.6 is 28.3 Å². The maximum atomic E-state index is 13.3. The summed E-state index contributed by atoms with van der Waals surface area (Å²) in [6.45, 7) is 2.93. The molecule has 1 aromatic rings. The molecule has 0 saturated carbocycles. The Morgan fingerprint density at radius 2 is 2.06 bits per heavy atom. The Morgan fingerprint density at radius 3 is 2.67 bits per heavy atom. The SMILES string of the molecule is Cl.O=C(Nc1ccc(Br)c(F)c1)N1CCNCC1. The molecule has 0 radical (unpaired) electrons. The van der Waals surface area contributed by atoms with Gasteiger partial charge in [0.25, 0.3) is 0 Å². The molecule has 1 aliphatic rings. The predicted octanol–water partition coefficient (Wildman–Crippen LogP) is 2.45. The maximum absolute atomic E-state index is 13.3. The topological polar surface area (TPSA) is 44.4 Å². The number of piperazine rings is 1. The highest BCUT2D eigenvalue weighted by Gasteiger charge is 2.16. The summed E-state index contributed by atoms with van der Waals surface area (Å²) in [5.41, 5.74) is 0.467. The van der Waals surface area contributed by atoms with Crippen LogP contribution in [0.3, 0.4) is 0 Å². The van der Waals surface area contributed by atoms with Crippen molar-refractivity contribution in [2.75, 3.05) is 31.5 Å². The number of nitrogens with one attached hydrogen (secondary N) is 2. The molecule has 1 fully saturated rings. The lowest BCUT2D eigenvalue weighted by atomic mass is 10.3. The van der Waals surface area contributed by atoms with Crippen molar-refractivity contribution in [3.63, 3.8) is 0 Å². The molecule has 18 heavy (non-hydrogen) atoms. The first kappa shape index (κ1) is 15.2. The van der Waals surface area contributed by atoms with Crippen LogP contribution in [-0.4, -0.2) is 37.1 Å². The van der Waals surface area contributed by atoms with E-state index in [0.717, 1.165) is 13.1 Å². The van der Waals surface area contributed by atoms with Crippen molar-refractivity contribution < 1.29 is 9.18 Å². The Bertz CT molecular complexity index is 427. The lowest BCUT2D eigenvalue weighted by Crippen LogP contribution is -2.48. The van der Waals surface area contributed by atoms with E-state index in [4.69, 9.17) is 0 Å². The van der Waals surface area contributed by atoms with Crippen molar-refractivity contribution in [1.29, 1.82) is 0 Å². The van der Waals surface area contributed by atoms with Crippen LogP contribution in [0, 0.1) is 5.82 Å². The third-order valence-corrected chi connectivity index (χ3v) is 3.22. The molecule has 1 heterocycles. The van der Waals surface area contributed by atoms with Gasteiger partial charge in [0.2, 0.25) is 0 Å². The first-order valence-electron chi connectivity index (χ1n) is 5.38. The Morgan fingerprint density at radius 1 is 1.39 bits per heavy atom. The standard InChI is InChI=1S/C11H13BrFN3O.ClH/c12-9-2-1-8(7-10(9)13)15-11(17)16-5-3-14-4-6-16;/h1-2,7,14H,3-6H2,(H,15,17);1H. The summed E-state index contributed by atoms with van der Waals surface area (Å²) in [4.78, 5) is 13.5. The molecule has 2 rings (SSSR count). The zero-order chi connectivity index (χ0) is 12.3. The number of halogens is 3. The van der Waals surface area contributed by atoms with Crippen LogP contribution in [0.15, 0.2) is 22.7 Å². The second-order valence-electron chi connectivity index (χ2n) is 3.80. The van der Waals surface area contributed by atoms with Crippen molar-refractivity contribution in [3.8, 4) is 0 Å². The van der Waals surface area contributed by atoms with Crippen LogP contribution in [0.2, 0.25) is 0 Å². The average molecular weight is 339 g/mol. The van der Waals surface area contributed by atoms with Gasteiger partial charge in [-0.25, -0.2) is 9.18 Å². The van der Waals surface area contributed by atoms with Gasteiger partial charge in [-0.05, 0) is 34.1 Å². The Balaban J connectivity index is 0.00000162. The second-order valence-corrected chi connectivity index (χ2v) is 4.65. The van der Waals surface area contributed by atoms with E-state index in [9.17, 15) is 9.18 Å². The lowest BCUT2D eigenvalue weighted by Gasteiger charge is -2.27. The van der Waals surface area contributed by atoms with Gasteiger partial charge in [-0.2, -0.15) is 0 Å². The van der Waals surface area contributed by atoms with Crippen molar-refractivity contribution in [2.45, 2.75) is 0 Å². The van der Waals surface area contributed by atoms with Crippen molar-refractivity contribution in [1.82, 2.24) is 10.2 Å². The number of carbonyl (C=O) groups excluding carboxylic acids is 1. The van der Waals surface area contributed by atoms with Crippen molar-refractivity contribution in [2.24, 2.45) is 0 Å². The lowest BCUT2D eigenvalue weighted by molar-refractivity contribution is 0.204. The second kappa shape index (κ2) is 6.92. The average Bonchev–Trinajstić information content (AvgIpc) is 2.35. The number of rotatable bonds is 1. The van der Waals surface area contributed by atoms with Crippen LogP contribution in [0.25, 0.3) is 0 Å². The zero-order valence-corrected chi connectivity index (χ0v) is 12.0. The molecule has 0 spiro atoms. The van der Waals surface area contributed by atoms with Crippen LogP contribution in [-0.2, 0) is 0 Å². The minimum absolute atomic E-state index is 0. The normalized spacial score (nSPS) is 14.9. The number of nitrogens with zero attached hydrogens (tertiary/aromatic N) is 1. The molecular formula is C11H14BrClFN3O. The number of anilines is 1. The van der Waals surface area contributed by atoms with E-state index in [0.29, 0.717) is 23.2 Å². The predicted molar refractivity (Wildman–Crippen MR) is 74.8 cm³/mol. The fourth-order valence-electron chi connectivity index (χ4n) is 1.64. The van der Waals surface area contributed by atoms with Gasteiger partial charge in [-0.3, -0.25) is 0 Å². The van der Waals surface area contributed by atoms with E-state index in [1.807, 2.05) is 0 Å². The minimum Gasteiger partial charge on any atom is -0.322 e. The Hall–Kier alpha value is -0.850. The van der Waals surface area contributed by atoms with E-state index in [1.165, 1.54) is 6.07 Å². The first-order chi connectivity index (χ1) is 8.16. The molecule has 7 heteroatoms. The number of benzene rings is 1. The number of hydrogen-bond acceptors (Lipinski definition) is 2. The molecule has 4 nitrogen and oxygen atoms in total. The molecule has 1 aromatic carbocycles. The summed E-state index contributed by atoms with van der Waals surface area (Å²) < 4.78 is 13.6. The molecule has 1 aliphatic heterocycles. The van der Waals surface area contributed by atoms with Gasteiger partial charge < -0.3 is 15.5 Å². The molecule has 0 unspecified atom stereocenters. The third-order valence-electron chi connectivity index (χ3n) is 2.58. The summed E-state index contributed by atoms with van der Waals surface area (Å²) in [5.74, 6) is -0.386. The van der Waals surface area contributed by atoms with Gasteiger partial charge in [0.15, 0.2) is 0 Å². The van der Waals surface area contributed by atoms with Crippen molar-refractivity contribution in [3.05, 3.63) is 28.5 Å². The van der Waals surface area contributed by atoms with Crippen LogP contribution in [0.5, 0.6) is 0 Å². The summed E-state index contributed by atoms with van der Waals surface area (Å²) in [6, 6.07) is 4.34. The number of amides is 2. The Labute approximate surface area is 119 Å². The number of urea groups is 1. The van der Waals surface area contributed by atoms with E-state index in [-0.39, 0.29) is 24.3 Å². The fourth-order valence-corrected chi connectivity index (χ4v) is 1.89. The molecule has 0 aromatic heterocycles. The van der Waals surface area contributed by atoms with E-state index < -0.39 is 0 Å². The molecule has 2 N–H and O–H groups in total. The zero-order valence-electron chi connectivity index (χ0n) is 9.58.